The second kappa shape index (κ2) is 6.53. The third-order valence-electron chi connectivity index (χ3n) is 3.62. The molecule has 2 rings (SSSR count). The van der Waals surface area contributed by atoms with Crippen molar-refractivity contribution in [3.63, 3.8) is 0 Å². The number of benzene rings is 1. The number of nitrogens with one attached hydrogen (secondary N) is 1. The highest BCUT2D eigenvalue weighted by Crippen LogP contribution is 2.20. The van der Waals surface area contributed by atoms with E-state index in [2.05, 4.69) is 37.4 Å². The van der Waals surface area contributed by atoms with Gasteiger partial charge < -0.3 is 11.1 Å². The van der Waals surface area contributed by atoms with E-state index in [9.17, 15) is 0 Å². The van der Waals surface area contributed by atoms with Crippen LogP contribution in [-0.2, 0) is 0 Å². The molecular formula is C16H23N3. The Balaban J connectivity index is 2.13. The fourth-order valence-electron chi connectivity index (χ4n) is 2.33. The van der Waals surface area contributed by atoms with E-state index in [1.807, 2.05) is 12.1 Å². The topological polar surface area (TPSA) is 50.9 Å². The SMILES string of the molecule is CCC(CCN)CNc1nc2ccccc2cc1C. The van der Waals surface area contributed by atoms with E-state index in [-0.39, 0.29) is 0 Å². The molecule has 0 spiro atoms. The smallest absolute Gasteiger partial charge is 0.129 e. The molecule has 3 nitrogen and oxygen atoms in total. The normalized spacial score (nSPS) is 12.6. The maximum Gasteiger partial charge on any atom is 0.129 e. The van der Waals surface area contributed by atoms with E-state index in [1.54, 1.807) is 0 Å². The van der Waals surface area contributed by atoms with Gasteiger partial charge in [0.2, 0.25) is 0 Å². The lowest BCUT2D eigenvalue weighted by molar-refractivity contribution is 0.501. The van der Waals surface area contributed by atoms with E-state index in [4.69, 9.17) is 10.7 Å². The van der Waals surface area contributed by atoms with Crippen LogP contribution in [0, 0.1) is 12.8 Å². The quantitative estimate of drug-likeness (QED) is 0.834. The average molecular weight is 257 g/mol. The van der Waals surface area contributed by atoms with Crippen LogP contribution in [-0.4, -0.2) is 18.1 Å². The average Bonchev–Trinajstić information content (AvgIpc) is 2.43. The third kappa shape index (κ3) is 3.44. The molecule has 0 bridgehead atoms. The Morgan fingerprint density at radius 3 is 2.84 bits per heavy atom. The second-order valence-electron chi connectivity index (χ2n) is 5.08. The number of hydrogen-bond donors (Lipinski definition) is 2. The van der Waals surface area contributed by atoms with Crippen molar-refractivity contribution in [3.05, 3.63) is 35.9 Å². The van der Waals surface area contributed by atoms with Crippen LogP contribution in [0.2, 0.25) is 0 Å². The van der Waals surface area contributed by atoms with Crippen LogP contribution in [0.1, 0.15) is 25.3 Å². The zero-order valence-corrected chi connectivity index (χ0v) is 11.8. The number of pyridine rings is 1. The number of rotatable bonds is 6. The molecule has 0 aliphatic heterocycles. The van der Waals surface area contributed by atoms with Gasteiger partial charge in [-0.25, -0.2) is 4.98 Å². The number of anilines is 1. The first kappa shape index (κ1) is 13.8. The standard InChI is InChI=1S/C16H23N3/c1-3-13(8-9-17)11-18-16-12(2)10-14-6-4-5-7-15(14)19-16/h4-7,10,13H,3,8-9,11,17H2,1-2H3,(H,18,19). The molecule has 0 aliphatic rings. The molecule has 3 heteroatoms. The summed E-state index contributed by atoms with van der Waals surface area (Å²) in [5, 5.41) is 4.67. The molecule has 3 N–H and O–H groups in total. The van der Waals surface area contributed by atoms with Crippen LogP contribution < -0.4 is 11.1 Å². The summed E-state index contributed by atoms with van der Waals surface area (Å²) >= 11 is 0. The zero-order valence-electron chi connectivity index (χ0n) is 11.8. The highest BCUT2D eigenvalue weighted by atomic mass is 15.0. The minimum atomic E-state index is 0.623. The molecule has 0 fully saturated rings. The highest BCUT2D eigenvalue weighted by Gasteiger charge is 2.07. The molecule has 1 heterocycles. The van der Waals surface area contributed by atoms with Gasteiger partial charge in [0.1, 0.15) is 5.82 Å². The maximum atomic E-state index is 5.63. The lowest BCUT2D eigenvalue weighted by Gasteiger charge is -2.16. The largest absolute Gasteiger partial charge is 0.370 e. The maximum absolute atomic E-state index is 5.63. The molecule has 0 saturated carbocycles. The Bertz CT molecular complexity index is 537. The van der Waals surface area contributed by atoms with Gasteiger partial charge in [0.25, 0.3) is 0 Å². The molecule has 0 aliphatic carbocycles. The van der Waals surface area contributed by atoms with E-state index in [0.717, 1.165) is 37.3 Å². The monoisotopic (exact) mass is 257 g/mol. The number of nitrogens with two attached hydrogens (primary N) is 1. The molecule has 2 aromatic rings. The number of aryl methyl sites for hydroxylation is 1. The van der Waals surface area contributed by atoms with E-state index >= 15 is 0 Å². The van der Waals surface area contributed by atoms with Crippen molar-refractivity contribution >= 4 is 16.7 Å². The van der Waals surface area contributed by atoms with E-state index in [1.165, 1.54) is 10.9 Å². The number of hydrogen-bond acceptors (Lipinski definition) is 3. The molecule has 1 aromatic carbocycles. The Morgan fingerprint density at radius 1 is 1.32 bits per heavy atom. The minimum absolute atomic E-state index is 0.623. The molecule has 1 atom stereocenters. The van der Waals surface area contributed by atoms with Crippen molar-refractivity contribution in [1.29, 1.82) is 0 Å². The molecule has 1 aromatic heterocycles. The van der Waals surface area contributed by atoms with Gasteiger partial charge >= 0.3 is 0 Å². The summed E-state index contributed by atoms with van der Waals surface area (Å²) in [5.41, 5.74) is 7.87. The Labute approximate surface area is 115 Å². The van der Waals surface area contributed by atoms with Crippen LogP contribution >= 0.6 is 0 Å². The van der Waals surface area contributed by atoms with Gasteiger partial charge in [-0.15, -0.1) is 0 Å². The van der Waals surface area contributed by atoms with Gasteiger partial charge in [0.05, 0.1) is 5.52 Å². The molecule has 1 unspecified atom stereocenters. The molecule has 0 radical (unpaired) electrons. The molecule has 0 amide bonds. The predicted octanol–water partition coefficient (Wildman–Crippen LogP) is 3.33. The van der Waals surface area contributed by atoms with Crippen molar-refractivity contribution in [2.45, 2.75) is 26.7 Å². The lowest BCUT2D eigenvalue weighted by atomic mass is 10.0. The fourth-order valence-corrected chi connectivity index (χ4v) is 2.33. The van der Waals surface area contributed by atoms with Gasteiger partial charge in [0.15, 0.2) is 0 Å². The summed E-state index contributed by atoms with van der Waals surface area (Å²) in [6, 6.07) is 10.4. The lowest BCUT2D eigenvalue weighted by Crippen LogP contribution is -2.18. The van der Waals surface area contributed by atoms with Gasteiger partial charge in [-0.2, -0.15) is 0 Å². The van der Waals surface area contributed by atoms with Crippen LogP contribution in [0.25, 0.3) is 10.9 Å². The first-order chi connectivity index (χ1) is 9.24. The number of nitrogens with zero attached hydrogens (tertiary/aromatic N) is 1. The van der Waals surface area contributed by atoms with Gasteiger partial charge in [-0.3, -0.25) is 0 Å². The second-order valence-corrected chi connectivity index (χ2v) is 5.08. The molecule has 19 heavy (non-hydrogen) atoms. The summed E-state index contributed by atoms with van der Waals surface area (Å²) in [5.74, 6) is 1.62. The molecule has 102 valence electrons. The van der Waals surface area contributed by atoms with Crippen molar-refractivity contribution in [2.24, 2.45) is 11.7 Å². The van der Waals surface area contributed by atoms with Crippen LogP contribution in [0.5, 0.6) is 0 Å². The molecular weight excluding hydrogens is 234 g/mol. The Kier molecular flexibility index (Phi) is 4.74. The fraction of sp³-hybridized carbons (Fsp3) is 0.438. The van der Waals surface area contributed by atoms with Crippen molar-refractivity contribution < 1.29 is 0 Å². The van der Waals surface area contributed by atoms with E-state index < -0.39 is 0 Å². The number of fused-ring (bicyclic) bond motifs is 1. The van der Waals surface area contributed by atoms with Crippen molar-refractivity contribution in [1.82, 2.24) is 4.98 Å². The van der Waals surface area contributed by atoms with E-state index in [0.29, 0.717) is 5.92 Å². The van der Waals surface area contributed by atoms with Crippen LogP contribution in [0.3, 0.4) is 0 Å². The summed E-state index contributed by atoms with van der Waals surface area (Å²) in [6.07, 6.45) is 2.22. The summed E-state index contributed by atoms with van der Waals surface area (Å²) in [4.78, 5) is 4.70. The van der Waals surface area contributed by atoms with Crippen molar-refractivity contribution in [2.75, 3.05) is 18.4 Å². The predicted molar refractivity (Wildman–Crippen MR) is 82.4 cm³/mol. The zero-order chi connectivity index (χ0) is 13.7. The first-order valence-corrected chi connectivity index (χ1v) is 7.05. The minimum Gasteiger partial charge on any atom is -0.370 e. The number of aromatic nitrogens is 1. The summed E-state index contributed by atoms with van der Waals surface area (Å²) < 4.78 is 0. The first-order valence-electron chi connectivity index (χ1n) is 7.05. The summed E-state index contributed by atoms with van der Waals surface area (Å²) in [7, 11) is 0. The van der Waals surface area contributed by atoms with Gasteiger partial charge in [0, 0.05) is 11.9 Å². The van der Waals surface area contributed by atoms with Gasteiger partial charge in [-0.05, 0) is 43.5 Å². The van der Waals surface area contributed by atoms with Gasteiger partial charge in [-0.1, -0.05) is 31.5 Å². The Hall–Kier alpha value is -1.61. The Morgan fingerprint density at radius 2 is 2.11 bits per heavy atom. The number of para-hydroxylation sites is 1. The molecule has 0 saturated heterocycles. The van der Waals surface area contributed by atoms with Crippen LogP contribution in [0.4, 0.5) is 5.82 Å². The summed E-state index contributed by atoms with van der Waals surface area (Å²) in [6.45, 7) is 6.01. The highest BCUT2D eigenvalue weighted by molar-refractivity contribution is 5.81. The van der Waals surface area contributed by atoms with Crippen LogP contribution in [0.15, 0.2) is 30.3 Å². The van der Waals surface area contributed by atoms with Crippen molar-refractivity contribution in [3.8, 4) is 0 Å². The third-order valence-corrected chi connectivity index (χ3v) is 3.62.